The number of carbonyl (C=O) groups excluding carboxylic acids is 2. The van der Waals surface area contributed by atoms with Crippen molar-refractivity contribution >= 4 is 35.0 Å². The summed E-state index contributed by atoms with van der Waals surface area (Å²) in [7, 11) is 0. The highest BCUT2D eigenvalue weighted by Crippen LogP contribution is 2.36. The molecule has 0 spiro atoms. The standard InChI is InChI=1S/C22H25N3O2S/c1-15-6-5-8-18(16(15)2)24-10-12-25(13-11-24)21(26)14-20-22(27)23-17-7-3-4-9-19(17)28-20/h3-9,20H,10-14H2,1-2H3,(H,23,27)/t20-/m0/s1. The molecule has 28 heavy (non-hydrogen) atoms. The molecular formula is C22H25N3O2S. The summed E-state index contributed by atoms with van der Waals surface area (Å²) in [6, 6.07) is 14.1. The van der Waals surface area contributed by atoms with Gasteiger partial charge in [0, 0.05) is 43.2 Å². The molecule has 1 atom stereocenters. The minimum atomic E-state index is -0.362. The summed E-state index contributed by atoms with van der Waals surface area (Å²) in [5.74, 6) is -0.0151. The Kier molecular flexibility index (Phi) is 5.31. The average Bonchev–Trinajstić information content (AvgIpc) is 2.71. The number of fused-ring (bicyclic) bond motifs is 1. The van der Waals surface area contributed by atoms with Gasteiger partial charge >= 0.3 is 0 Å². The number of hydrogen-bond acceptors (Lipinski definition) is 4. The second-order valence-corrected chi connectivity index (χ2v) is 8.63. The van der Waals surface area contributed by atoms with Crippen LogP contribution in [0.1, 0.15) is 17.5 Å². The van der Waals surface area contributed by atoms with Gasteiger partial charge in [-0.1, -0.05) is 24.3 Å². The molecule has 2 aliphatic rings. The van der Waals surface area contributed by atoms with Gasteiger partial charge in [0.05, 0.1) is 10.9 Å². The highest BCUT2D eigenvalue weighted by molar-refractivity contribution is 8.01. The summed E-state index contributed by atoms with van der Waals surface area (Å²) in [4.78, 5) is 30.5. The van der Waals surface area contributed by atoms with Crippen LogP contribution in [0.5, 0.6) is 0 Å². The second kappa shape index (κ2) is 7.87. The molecule has 4 rings (SSSR count). The first-order valence-electron chi connectivity index (χ1n) is 9.68. The summed E-state index contributed by atoms with van der Waals surface area (Å²) in [5, 5.41) is 2.56. The van der Waals surface area contributed by atoms with Crippen LogP contribution in [-0.2, 0) is 9.59 Å². The molecule has 5 nitrogen and oxygen atoms in total. The molecule has 0 bridgehead atoms. The number of nitrogens with one attached hydrogen (secondary N) is 1. The predicted molar refractivity (Wildman–Crippen MR) is 114 cm³/mol. The third-order valence-electron chi connectivity index (χ3n) is 5.62. The molecule has 1 fully saturated rings. The van der Waals surface area contributed by atoms with Gasteiger partial charge in [-0.05, 0) is 43.2 Å². The van der Waals surface area contributed by atoms with Crippen LogP contribution in [0.15, 0.2) is 47.4 Å². The van der Waals surface area contributed by atoms with Gasteiger partial charge in [0.2, 0.25) is 11.8 Å². The van der Waals surface area contributed by atoms with Gasteiger partial charge in [0.15, 0.2) is 0 Å². The van der Waals surface area contributed by atoms with E-state index in [-0.39, 0.29) is 23.5 Å². The number of rotatable bonds is 3. The molecule has 0 aromatic heterocycles. The Morgan fingerprint density at radius 1 is 1.07 bits per heavy atom. The number of aryl methyl sites for hydroxylation is 1. The molecule has 1 saturated heterocycles. The summed E-state index contributed by atoms with van der Waals surface area (Å²) in [6.45, 7) is 7.32. The van der Waals surface area contributed by atoms with Gasteiger partial charge in [-0.3, -0.25) is 9.59 Å². The third-order valence-corrected chi connectivity index (χ3v) is 6.89. The van der Waals surface area contributed by atoms with Gasteiger partial charge in [-0.25, -0.2) is 0 Å². The van der Waals surface area contributed by atoms with Crippen LogP contribution < -0.4 is 10.2 Å². The van der Waals surface area contributed by atoms with Gasteiger partial charge < -0.3 is 15.1 Å². The predicted octanol–water partition coefficient (Wildman–Crippen LogP) is 3.46. The quantitative estimate of drug-likeness (QED) is 0.865. The van der Waals surface area contributed by atoms with Crippen LogP contribution in [0.3, 0.4) is 0 Å². The van der Waals surface area contributed by atoms with Crippen LogP contribution in [0, 0.1) is 13.8 Å². The molecule has 0 aliphatic carbocycles. The molecule has 2 aromatic rings. The lowest BCUT2D eigenvalue weighted by molar-refractivity contribution is -0.132. The number of carbonyl (C=O) groups is 2. The summed E-state index contributed by atoms with van der Waals surface area (Å²) < 4.78 is 0. The highest BCUT2D eigenvalue weighted by Gasteiger charge is 2.31. The molecule has 146 valence electrons. The molecule has 0 saturated carbocycles. The largest absolute Gasteiger partial charge is 0.368 e. The van der Waals surface area contributed by atoms with E-state index in [0.717, 1.165) is 23.7 Å². The van der Waals surface area contributed by atoms with Crippen molar-refractivity contribution in [2.75, 3.05) is 36.4 Å². The van der Waals surface area contributed by atoms with Crippen LogP contribution in [0.4, 0.5) is 11.4 Å². The number of anilines is 2. The van der Waals surface area contributed by atoms with Crippen LogP contribution in [-0.4, -0.2) is 48.1 Å². The minimum Gasteiger partial charge on any atom is -0.368 e. The van der Waals surface area contributed by atoms with E-state index in [1.165, 1.54) is 28.6 Å². The number of nitrogens with zero attached hydrogens (tertiary/aromatic N) is 2. The Morgan fingerprint density at radius 2 is 1.82 bits per heavy atom. The van der Waals surface area contributed by atoms with Crippen molar-refractivity contribution in [2.45, 2.75) is 30.4 Å². The molecule has 2 aliphatic heterocycles. The summed E-state index contributed by atoms with van der Waals surface area (Å²) in [6.07, 6.45) is 0.244. The number of piperazine rings is 1. The topological polar surface area (TPSA) is 52.6 Å². The highest BCUT2D eigenvalue weighted by atomic mass is 32.2. The van der Waals surface area contributed by atoms with E-state index in [9.17, 15) is 9.59 Å². The maximum Gasteiger partial charge on any atom is 0.238 e. The van der Waals surface area contributed by atoms with Crippen LogP contribution in [0.2, 0.25) is 0 Å². The van der Waals surface area contributed by atoms with Crippen molar-refractivity contribution < 1.29 is 9.59 Å². The third kappa shape index (κ3) is 3.74. The second-order valence-electron chi connectivity index (χ2n) is 7.38. The maximum absolute atomic E-state index is 12.8. The Bertz CT molecular complexity index is 906. The van der Waals surface area contributed by atoms with E-state index < -0.39 is 0 Å². The zero-order valence-electron chi connectivity index (χ0n) is 16.3. The lowest BCUT2D eigenvalue weighted by Crippen LogP contribution is -2.50. The SMILES string of the molecule is Cc1cccc(N2CCN(C(=O)C[C@@H]3Sc4ccccc4NC3=O)CC2)c1C. The normalized spacial score (nSPS) is 19.2. The first-order valence-corrected chi connectivity index (χ1v) is 10.6. The van der Waals surface area contributed by atoms with Crippen molar-refractivity contribution in [1.29, 1.82) is 0 Å². The van der Waals surface area contributed by atoms with Crippen molar-refractivity contribution in [3.05, 3.63) is 53.6 Å². The maximum atomic E-state index is 12.8. The molecule has 1 N–H and O–H groups in total. The van der Waals surface area contributed by atoms with Crippen molar-refractivity contribution in [3.8, 4) is 0 Å². The molecule has 2 heterocycles. The van der Waals surface area contributed by atoms with E-state index in [1.54, 1.807) is 0 Å². The fraction of sp³-hybridized carbons (Fsp3) is 0.364. The average molecular weight is 396 g/mol. The lowest BCUT2D eigenvalue weighted by atomic mass is 10.1. The van der Waals surface area contributed by atoms with Crippen molar-refractivity contribution in [1.82, 2.24) is 4.90 Å². The Balaban J connectivity index is 1.36. The van der Waals surface area contributed by atoms with Gasteiger partial charge in [-0.15, -0.1) is 11.8 Å². The molecule has 2 amide bonds. The van der Waals surface area contributed by atoms with E-state index in [4.69, 9.17) is 0 Å². The fourth-order valence-corrected chi connectivity index (χ4v) is 4.89. The van der Waals surface area contributed by atoms with E-state index in [1.807, 2.05) is 29.2 Å². The molecule has 2 aromatic carbocycles. The van der Waals surface area contributed by atoms with E-state index in [2.05, 4.69) is 42.3 Å². The Hall–Kier alpha value is -2.47. The monoisotopic (exact) mass is 395 g/mol. The van der Waals surface area contributed by atoms with E-state index >= 15 is 0 Å². The Labute approximate surface area is 170 Å². The zero-order valence-corrected chi connectivity index (χ0v) is 17.1. The van der Waals surface area contributed by atoms with Crippen LogP contribution >= 0.6 is 11.8 Å². The number of para-hydroxylation sites is 1. The number of benzene rings is 2. The minimum absolute atomic E-state index is 0.0626. The number of hydrogen-bond donors (Lipinski definition) is 1. The van der Waals surface area contributed by atoms with Gasteiger partial charge in [0.25, 0.3) is 0 Å². The van der Waals surface area contributed by atoms with Crippen LogP contribution in [0.25, 0.3) is 0 Å². The molecule has 0 unspecified atom stereocenters. The van der Waals surface area contributed by atoms with Crippen molar-refractivity contribution in [3.63, 3.8) is 0 Å². The molecule has 6 heteroatoms. The molecule has 0 radical (unpaired) electrons. The summed E-state index contributed by atoms with van der Waals surface area (Å²) in [5.41, 5.74) is 4.68. The lowest BCUT2D eigenvalue weighted by Gasteiger charge is -2.37. The smallest absolute Gasteiger partial charge is 0.238 e. The van der Waals surface area contributed by atoms with Gasteiger partial charge in [-0.2, -0.15) is 0 Å². The van der Waals surface area contributed by atoms with Gasteiger partial charge in [0.1, 0.15) is 0 Å². The zero-order chi connectivity index (χ0) is 19.7. The Morgan fingerprint density at radius 3 is 2.61 bits per heavy atom. The first-order chi connectivity index (χ1) is 13.5. The number of amides is 2. The number of thioether (sulfide) groups is 1. The molecular weight excluding hydrogens is 370 g/mol. The summed E-state index contributed by atoms with van der Waals surface area (Å²) >= 11 is 1.49. The van der Waals surface area contributed by atoms with E-state index in [0.29, 0.717) is 13.1 Å². The fourth-order valence-electron chi connectivity index (χ4n) is 3.79. The van der Waals surface area contributed by atoms with Crippen molar-refractivity contribution in [2.24, 2.45) is 0 Å². The first kappa shape index (κ1) is 18.9.